The summed E-state index contributed by atoms with van der Waals surface area (Å²) < 4.78 is 11.2. The van der Waals surface area contributed by atoms with Crippen molar-refractivity contribution in [3.05, 3.63) is 30.3 Å². The molecule has 4 saturated heterocycles. The van der Waals surface area contributed by atoms with Gasteiger partial charge in [0.1, 0.15) is 11.8 Å². The molecule has 1 spiro atoms. The van der Waals surface area contributed by atoms with Crippen molar-refractivity contribution in [1.29, 1.82) is 0 Å². The molecule has 1 aromatic rings. The minimum Gasteiger partial charge on any atom is -0.463 e. The fourth-order valence-corrected chi connectivity index (χ4v) is 5.44. The highest BCUT2D eigenvalue weighted by Crippen LogP contribution is 2.64. The summed E-state index contributed by atoms with van der Waals surface area (Å²) in [6.45, 7) is 3.53. The Labute approximate surface area is 161 Å². The highest BCUT2D eigenvalue weighted by molar-refractivity contribution is 6.28. The number of carbonyl (C=O) groups is 4. The lowest BCUT2D eigenvalue weighted by molar-refractivity contribution is -0.176. The molecule has 5 unspecified atom stereocenters. The SMILES string of the molecule is CCOC(=O)C12OC3(CCC(C)N3C1=O)C1C(=O)N(c3ccccc3)C(=O)C12. The monoisotopic (exact) mass is 384 g/mol. The molecule has 4 aliphatic rings. The molecule has 8 nitrogen and oxygen atoms in total. The maximum absolute atomic E-state index is 13.4. The van der Waals surface area contributed by atoms with E-state index >= 15 is 0 Å². The van der Waals surface area contributed by atoms with Gasteiger partial charge in [0, 0.05) is 6.04 Å². The van der Waals surface area contributed by atoms with Crippen LogP contribution in [0, 0.1) is 11.8 Å². The second-order valence-corrected chi connectivity index (χ2v) is 7.77. The van der Waals surface area contributed by atoms with Gasteiger partial charge in [-0.3, -0.25) is 14.4 Å². The summed E-state index contributed by atoms with van der Waals surface area (Å²) in [4.78, 5) is 55.6. The second kappa shape index (κ2) is 5.41. The van der Waals surface area contributed by atoms with Crippen molar-refractivity contribution in [1.82, 2.24) is 4.90 Å². The summed E-state index contributed by atoms with van der Waals surface area (Å²) in [6.07, 6.45) is 1.05. The summed E-state index contributed by atoms with van der Waals surface area (Å²) in [5.74, 6) is -4.57. The predicted octanol–water partition coefficient (Wildman–Crippen LogP) is 0.845. The number of fused-ring (bicyclic) bond motifs is 3. The van der Waals surface area contributed by atoms with Gasteiger partial charge in [0.15, 0.2) is 5.72 Å². The van der Waals surface area contributed by atoms with Gasteiger partial charge in [-0.05, 0) is 38.8 Å². The summed E-state index contributed by atoms with van der Waals surface area (Å²) in [7, 11) is 0. The van der Waals surface area contributed by atoms with Gasteiger partial charge in [0.25, 0.3) is 11.5 Å². The lowest BCUT2D eigenvalue weighted by Gasteiger charge is -2.37. The van der Waals surface area contributed by atoms with Crippen LogP contribution in [-0.4, -0.2) is 52.6 Å². The van der Waals surface area contributed by atoms with Crippen molar-refractivity contribution < 1.29 is 28.7 Å². The Bertz CT molecular complexity index is 917. The summed E-state index contributed by atoms with van der Waals surface area (Å²) in [6, 6.07) is 8.37. The minimum atomic E-state index is -2.08. The molecule has 3 amide bonds. The molecular formula is C20H20N2O6. The van der Waals surface area contributed by atoms with Crippen LogP contribution in [0.4, 0.5) is 5.69 Å². The summed E-state index contributed by atoms with van der Waals surface area (Å²) in [5, 5.41) is 0. The van der Waals surface area contributed by atoms with Crippen LogP contribution in [0.15, 0.2) is 30.3 Å². The minimum absolute atomic E-state index is 0.0434. The Morgan fingerprint density at radius 3 is 2.54 bits per heavy atom. The highest BCUT2D eigenvalue weighted by Gasteiger charge is 2.86. The molecular weight excluding hydrogens is 364 g/mol. The fraction of sp³-hybridized carbons (Fsp3) is 0.500. The number of ether oxygens (including phenoxy) is 2. The Balaban J connectivity index is 1.69. The number of para-hydroxylation sites is 1. The van der Waals surface area contributed by atoms with Gasteiger partial charge in [-0.1, -0.05) is 18.2 Å². The molecule has 5 rings (SSSR count). The number of piperidine rings is 1. The van der Waals surface area contributed by atoms with Crippen LogP contribution >= 0.6 is 0 Å². The Hall–Kier alpha value is -2.74. The van der Waals surface area contributed by atoms with Gasteiger partial charge in [0.2, 0.25) is 11.8 Å². The molecule has 2 bridgehead atoms. The van der Waals surface area contributed by atoms with Crippen LogP contribution in [0.3, 0.4) is 0 Å². The Morgan fingerprint density at radius 1 is 1.18 bits per heavy atom. The van der Waals surface area contributed by atoms with Crippen LogP contribution in [0.2, 0.25) is 0 Å². The molecule has 28 heavy (non-hydrogen) atoms. The summed E-state index contributed by atoms with van der Waals surface area (Å²) in [5.41, 5.74) is -2.91. The third-order valence-corrected chi connectivity index (χ3v) is 6.47. The largest absolute Gasteiger partial charge is 0.463 e. The number of amides is 3. The van der Waals surface area contributed by atoms with E-state index < -0.39 is 46.9 Å². The average Bonchev–Trinajstić information content (AvgIpc) is 3.34. The number of hydrogen-bond donors (Lipinski definition) is 0. The molecule has 8 heteroatoms. The zero-order chi connectivity index (χ0) is 19.8. The third-order valence-electron chi connectivity index (χ3n) is 6.47. The van der Waals surface area contributed by atoms with Crippen molar-refractivity contribution in [3.63, 3.8) is 0 Å². The molecule has 4 heterocycles. The topological polar surface area (TPSA) is 93.2 Å². The zero-order valence-corrected chi connectivity index (χ0v) is 15.6. The molecule has 0 N–H and O–H groups in total. The molecule has 4 aliphatic heterocycles. The van der Waals surface area contributed by atoms with Crippen molar-refractivity contribution in [2.45, 2.75) is 44.1 Å². The lowest BCUT2D eigenvalue weighted by atomic mass is 9.74. The van der Waals surface area contributed by atoms with Gasteiger partial charge in [0.05, 0.1) is 12.3 Å². The van der Waals surface area contributed by atoms with Crippen LogP contribution < -0.4 is 4.90 Å². The molecule has 1 aromatic carbocycles. The number of hydrogen-bond acceptors (Lipinski definition) is 6. The van der Waals surface area contributed by atoms with Gasteiger partial charge >= 0.3 is 5.97 Å². The third kappa shape index (κ3) is 1.70. The first kappa shape index (κ1) is 17.4. The smallest absolute Gasteiger partial charge is 0.349 e. The Kier molecular flexibility index (Phi) is 3.35. The van der Waals surface area contributed by atoms with E-state index in [1.807, 2.05) is 6.92 Å². The van der Waals surface area contributed by atoms with E-state index in [2.05, 4.69) is 0 Å². The van der Waals surface area contributed by atoms with E-state index in [0.717, 1.165) is 4.90 Å². The fourth-order valence-electron chi connectivity index (χ4n) is 5.44. The van der Waals surface area contributed by atoms with Crippen LogP contribution in [0.5, 0.6) is 0 Å². The van der Waals surface area contributed by atoms with E-state index in [-0.39, 0.29) is 12.6 Å². The number of esters is 1. The first-order valence-electron chi connectivity index (χ1n) is 9.54. The maximum Gasteiger partial charge on any atom is 0.349 e. The molecule has 0 aromatic heterocycles. The van der Waals surface area contributed by atoms with Gasteiger partial charge in [-0.25, -0.2) is 9.69 Å². The molecule has 0 radical (unpaired) electrons. The van der Waals surface area contributed by atoms with E-state index in [1.165, 1.54) is 4.90 Å². The number of benzene rings is 1. The highest BCUT2D eigenvalue weighted by atomic mass is 16.6. The summed E-state index contributed by atoms with van der Waals surface area (Å²) >= 11 is 0. The van der Waals surface area contributed by atoms with Crippen molar-refractivity contribution in [3.8, 4) is 0 Å². The number of rotatable bonds is 3. The van der Waals surface area contributed by atoms with Crippen molar-refractivity contribution in [2.24, 2.45) is 11.8 Å². The second-order valence-electron chi connectivity index (χ2n) is 7.77. The normalized spacial score (nSPS) is 38.2. The number of nitrogens with zero attached hydrogens (tertiary/aromatic N) is 2. The number of anilines is 1. The molecule has 5 atom stereocenters. The molecule has 0 saturated carbocycles. The molecule has 4 fully saturated rings. The Morgan fingerprint density at radius 2 is 1.86 bits per heavy atom. The van der Waals surface area contributed by atoms with E-state index in [1.54, 1.807) is 37.3 Å². The van der Waals surface area contributed by atoms with E-state index in [4.69, 9.17) is 9.47 Å². The number of carbonyl (C=O) groups excluding carboxylic acids is 4. The quantitative estimate of drug-likeness (QED) is 0.436. The zero-order valence-electron chi connectivity index (χ0n) is 15.6. The van der Waals surface area contributed by atoms with Crippen LogP contribution in [-0.2, 0) is 28.7 Å². The van der Waals surface area contributed by atoms with Crippen LogP contribution in [0.25, 0.3) is 0 Å². The van der Waals surface area contributed by atoms with E-state index in [0.29, 0.717) is 18.5 Å². The predicted molar refractivity (Wildman–Crippen MR) is 94.6 cm³/mol. The van der Waals surface area contributed by atoms with Gasteiger partial charge < -0.3 is 14.4 Å². The van der Waals surface area contributed by atoms with Crippen molar-refractivity contribution >= 4 is 29.4 Å². The molecule has 0 aliphatic carbocycles. The van der Waals surface area contributed by atoms with E-state index in [9.17, 15) is 19.2 Å². The number of imide groups is 1. The van der Waals surface area contributed by atoms with Crippen LogP contribution in [0.1, 0.15) is 26.7 Å². The van der Waals surface area contributed by atoms with Crippen molar-refractivity contribution in [2.75, 3.05) is 11.5 Å². The average molecular weight is 384 g/mol. The standard InChI is InChI=1S/C20H20N2O6/c1-3-27-18(26)20-14-13(19(28-20)10-9-11(2)22(19)17(20)25)15(23)21(16(14)24)12-7-5-4-6-8-12/h4-8,11,13-14H,3,9-10H2,1-2H3. The maximum atomic E-state index is 13.4. The van der Waals surface area contributed by atoms with Gasteiger partial charge in [-0.15, -0.1) is 0 Å². The lowest BCUT2D eigenvalue weighted by Crippen LogP contribution is -2.62. The first-order chi connectivity index (χ1) is 13.4. The first-order valence-corrected chi connectivity index (χ1v) is 9.54. The van der Waals surface area contributed by atoms with Gasteiger partial charge in [-0.2, -0.15) is 0 Å². The molecule has 146 valence electrons.